The van der Waals surface area contributed by atoms with E-state index in [1.54, 1.807) is 55.6 Å². The Labute approximate surface area is 174 Å². The van der Waals surface area contributed by atoms with E-state index in [1.165, 1.54) is 18.1 Å². The van der Waals surface area contributed by atoms with Gasteiger partial charge < -0.3 is 19.7 Å². The summed E-state index contributed by atoms with van der Waals surface area (Å²) in [4.78, 5) is 41.0. The highest BCUT2D eigenvalue weighted by molar-refractivity contribution is 6.22. The summed E-state index contributed by atoms with van der Waals surface area (Å²) in [6, 6.07) is 12.0. The SMILES string of the molecule is C=CCN1C(=O)N(c2cccc(OC)c2)C(=O)C1CC(=O)Nc1ccc(OC)cc1. The molecule has 8 nitrogen and oxygen atoms in total. The monoisotopic (exact) mass is 409 g/mol. The molecule has 3 rings (SSSR count). The van der Waals surface area contributed by atoms with Gasteiger partial charge in [0.1, 0.15) is 17.5 Å². The second-order valence-electron chi connectivity index (χ2n) is 6.60. The molecule has 1 fully saturated rings. The highest BCUT2D eigenvalue weighted by Crippen LogP contribution is 2.29. The minimum atomic E-state index is -0.931. The summed E-state index contributed by atoms with van der Waals surface area (Å²) in [6.07, 6.45) is 1.35. The number of hydrogen-bond donors (Lipinski definition) is 1. The van der Waals surface area contributed by atoms with Crippen LogP contribution in [-0.4, -0.2) is 49.6 Å². The summed E-state index contributed by atoms with van der Waals surface area (Å²) in [5, 5.41) is 2.74. The van der Waals surface area contributed by atoms with Crippen molar-refractivity contribution in [1.82, 2.24) is 4.90 Å². The maximum absolute atomic E-state index is 13.1. The normalized spacial score (nSPS) is 15.9. The molecule has 0 radical (unpaired) electrons. The van der Waals surface area contributed by atoms with E-state index in [9.17, 15) is 14.4 Å². The van der Waals surface area contributed by atoms with Crippen molar-refractivity contribution in [2.45, 2.75) is 12.5 Å². The van der Waals surface area contributed by atoms with Crippen LogP contribution in [0.4, 0.5) is 16.2 Å². The average Bonchev–Trinajstić information content (AvgIpc) is 2.98. The fraction of sp³-hybridized carbons (Fsp3) is 0.227. The Hall–Kier alpha value is -3.81. The van der Waals surface area contributed by atoms with Crippen LogP contribution in [0.1, 0.15) is 6.42 Å². The largest absolute Gasteiger partial charge is 0.497 e. The number of methoxy groups -OCH3 is 2. The quantitative estimate of drug-likeness (QED) is 0.535. The molecule has 1 heterocycles. The number of amides is 4. The lowest BCUT2D eigenvalue weighted by molar-refractivity contribution is -0.124. The molecule has 1 aliphatic heterocycles. The molecular formula is C22H23N3O5. The molecule has 2 aromatic carbocycles. The van der Waals surface area contributed by atoms with Gasteiger partial charge in [-0.25, -0.2) is 9.69 Å². The van der Waals surface area contributed by atoms with E-state index in [0.29, 0.717) is 22.9 Å². The van der Waals surface area contributed by atoms with E-state index in [-0.39, 0.29) is 18.9 Å². The van der Waals surface area contributed by atoms with Gasteiger partial charge in [-0.3, -0.25) is 9.59 Å². The van der Waals surface area contributed by atoms with Crippen LogP contribution in [0.2, 0.25) is 0 Å². The van der Waals surface area contributed by atoms with Crippen LogP contribution in [0.25, 0.3) is 0 Å². The molecule has 2 aromatic rings. The number of rotatable bonds is 8. The third kappa shape index (κ3) is 4.27. The molecule has 0 spiro atoms. The number of carbonyl (C=O) groups excluding carboxylic acids is 3. The Morgan fingerprint density at radius 2 is 1.80 bits per heavy atom. The zero-order chi connectivity index (χ0) is 21.7. The Morgan fingerprint density at radius 3 is 2.43 bits per heavy atom. The van der Waals surface area contributed by atoms with Crippen LogP contribution in [-0.2, 0) is 9.59 Å². The third-order valence-corrected chi connectivity index (χ3v) is 4.71. The zero-order valence-electron chi connectivity index (χ0n) is 16.8. The fourth-order valence-corrected chi connectivity index (χ4v) is 3.23. The predicted molar refractivity (Wildman–Crippen MR) is 113 cm³/mol. The van der Waals surface area contributed by atoms with Gasteiger partial charge in [0.25, 0.3) is 5.91 Å². The molecule has 4 amide bonds. The molecule has 0 saturated carbocycles. The van der Waals surface area contributed by atoms with Crippen molar-refractivity contribution >= 4 is 29.2 Å². The number of hydrogen-bond acceptors (Lipinski definition) is 5. The molecule has 8 heteroatoms. The van der Waals surface area contributed by atoms with E-state index in [4.69, 9.17) is 9.47 Å². The third-order valence-electron chi connectivity index (χ3n) is 4.71. The Kier molecular flexibility index (Phi) is 6.36. The Bertz CT molecular complexity index is 958. The van der Waals surface area contributed by atoms with Gasteiger partial charge in [0.2, 0.25) is 5.91 Å². The van der Waals surface area contributed by atoms with Gasteiger partial charge in [0.15, 0.2) is 0 Å². The molecule has 0 aromatic heterocycles. The fourth-order valence-electron chi connectivity index (χ4n) is 3.23. The van der Waals surface area contributed by atoms with Crippen LogP contribution in [0, 0.1) is 0 Å². The lowest BCUT2D eigenvalue weighted by atomic mass is 10.1. The smallest absolute Gasteiger partial charge is 0.332 e. The molecule has 1 atom stereocenters. The summed E-state index contributed by atoms with van der Waals surface area (Å²) < 4.78 is 10.3. The maximum Gasteiger partial charge on any atom is 0.332 e. The highest BCUT2D eigenvalue weighted by atomic mass is 16.5. The number of ether oxygens (including phenoxy) is 2. The average molecular weight is 409 g/mol. The number of benzene rings is 2. The number of nitrogens with zero attached hydrogens (tertiary/aromatic N) is 2. The van der Waals surface area contributed by atoms with E-state index >= 15 is 0 Å². The number of imide groups is 1. The van der Waals surface area contributed by atoms with Crippen molar-refractivity contribution in [3.8, 4) is 11.5 Å². The summed E-state index contributed by atoms with van der Waals surface area (Å²) >= 11 is 0. The first-order chi connectivity index (χ1) is 14.5. The first-order valence-electron chi connectivity index (χ1n) is 9.32. The molecule has 30 heavy (non-hydrogen) atoms. The molecular weight excluding hydrogens is 386 g/mol. The first kappa shape index (κ1) is 20.9. The minimum Gasteiger partial charge on any atom is -0.497 e. The van der Waals surface area contributed by atoms with Crippen molar-refractivity contribution in [3.05, 3.63) is 61.2 Å². The van der Waals surface area contributed by atoms with Gasteiger partial charge in [-0.1, -0.05) is 12.1 Å². The van der Waals surface area contributed by atoms with Crippen molar-refractivity contribution in [3.63, 3.8) is 0 Å². The van der Waals surface area contributed by atoms with Crippen molar-refractivity contribution in [2.75, 3.05) is 31.0 Å². The van der Waals surface area contributed by atoms with Crippen molar-refractivity contribution in [1.29, 1.82) is 0 Å². The minimum absolute atomic E-state index is 0.144. The number of nitrogens with one attached hydrogen (secondary N) is 1. The first-order valence-corrected chi connectivity index (χ1v) is 9.32. The van der Waals surface area contributed by atoms with E-state index < -0.39 is 18.0 Å². The summed E-state index contributed by atoms with van der Waals surface area (Å²) in [7, 11) is 3.06. The van der Waals surface area contributed by atoms with Gasteiger partial charge in [0, 0.05) is 18.3 Å². The van der Waals surface area contributed by atoms with Crippen molar-refractivity contribution < 1.29 is 23.9 Å². The van der Waals surface area contributed by atoms with Gasteiger partial charge in [-0.2, -0.15) is 0 Å². The van der Waals surface area contributed by atoms with Gasteiger partial charge in [-0.15, -0.1) is 6.58 Å². The standard InChI is InChI=1S/C22H23N3O5/c1-4-12-24-19(14-20(26)23-15-8-10-17(29-2)11-9-15)21(27)25(22(24)28)16-6-5-7-18(13-16)30-3/h4-11,13,19H,1,12,14H2,2-3H3,(H,23,26). The lowest BCUT2D eigenvalue weighted by Crippen LogP contribution is -2.38. The molecule has 1 N–H and O–H groups in total. The number of carbonyl (C=O) groups is 3. The van der Waals surface area contributed by atoms with Crippen LogP contribution >= 0.6 is 0 Å². The molecule has 0 aliphatic carbocycles. The highest BCUT2D eigenvalue weighted by Gasteiger charge is 2.46. The van der Waals surface area contributed by atoms with Gasteiger partial charge in [0.05, 0.1) is 26.3 Å². The lowest BCUT2D eigenvalue weighted by Gasteiger charge is -2.19. The second kappa shape index (κ2) is 9.13. The summed E-state index contributed by atoms with van der Waals surface area (Å²) in [5.41, 5.74) is 0.953. The Balaban J connectivity index is 1.79. The molecule has 1 saturated heterocycles. The van der Waals surface area contributed by atoms with Gasteiger partial charge in [-0.05, 0) is 36.4 Å². The van der Waals surface area contributed by atoms with Crippen LogP contribution < -0.4 is 19.7 Å². The number of anilines is 2. The van der Waals surface area contributed by atoms with E-state index in [0.717, 1.165) is 4.90 Å². The maximum atomic E-state index is 13.1. The van der Waals surface area contributed by atoms with Crippen molar-refractivity contribution in [2.24, 2.45) is 0 Å². The van der Waals surface area contributed by atoms with Gasteiger partial charge >= 0.3 is 6.03 Å². The Morgan fingerprint density at radius 1 is 1.10 bits per heavy atom. The second-order valence-corrected chi connectivity index (χ2v) is 6.60. The van der Waals surface area contributed by atoms with Crippen LogP contribution in [0.15, 0.2) is 61.2 Å². The van der Waals surface area contributed by atoms with Crippen LogP contribution in [0.5, 0.6) is 11.5 Å². The molecule has 1 aliphatic rings. The topological polar surface area (TPSA) is 88.2 Å². The van der Waals surface area contributed by atoms with Crippen LogP contribution in [0.3, 0.4) is 0 Å². The molecule has 0 bridgehead atoms. The van der Waals surface area contributed by atoms with E-state index in [1.807, 2.05) is 0 Å². The summed E-state index contributed by atoms with van der Waals surface area (Å²) in [6.45, 7) is 3.79. The molecule has 1 unspecified atom stereocenters. The molecule has 156 valence electrons. The zero-order valence-corrected chi connectivity index (χ0v) is 16.8. The summed E-state index contributed by atoms with van der Waals surface area (Å²) in [5.74, 6) is 0.326. The number of urea groups is 1. The van der Waals surface area contributed by atoms with E-state index in [2.05, 4.69) is 11.9 Å². The predicted octanol–water partition coefficient (Wildman–Crippen LogP) is 3.06.